The number of benzene rings is 1. The third kappa shape index (κ3) is 3.46. The summed E-state index contributed by atoms with van der Waals surface area (Å²) in [5.41, 5.74) is 1.34. The molecular formula is C12H14O3. The molecule has 3 nitrogen and oxygen atoms in total. The molecule has 0 amide bonds. The van der Waals surface area contributed by atoms with E-state index in [1.54, 1.807) is 6.07 Å². The molecule has 3 heteroatoms. The summed E-state index contributed by atoms with van der Waals surface area (Å²) in [6.07, 6.45) is 2.18. The Balaban J connectivity index is 2.73. The SMILES string of the molecule is CCc1cccc(O/C=C(\C)C(=O)O)c1. The van der Waals surface area contributed by atoms with E-state index in [-0.39, 0.29) is 5.57 Å². The quantitative estimate of drug-likeness (QED) is 0.608. The van der Waals surface area contributed by atoms with Crippen LogP contribution in [0.3, 0.4) is 0 Å². The maximum absolute atomic E-state index is 10.5. The molecule has 0 aliphatic carbocycles. The smallest absolute Gasteiger partial charge is 0.334 e. The summed E-state index contributed by atoms with van der Waals surface area (Å²) >= 11 is 0. The molecular weight excluding hydrogens is 192 g/mol. The topological polar surface area (TPSA) is 46.5 Å². The molecule has 0 bridgehead atoms. The highest BCUT2D eigenvalue weighted by molar-refractivity contribution is 5.85. The number of hydrogen-bond donors (Lipinski definition) is 1. The van der Waals surface area contributed by atoms with Crippen LogP contribution in [0, 0.1) is 0 Å². The van der Waals surface area contributed by atoms with Crippen molar-refractivity contribution in [1.82, 2.24) is 0 Å². The minimum Gasteiger partial charge on any atom is -0.478 e. The van der Waals surface area contributed by atoms with Gasteiger partial charge in [0, 0.05) is 0 Å². The Morgan fingerprint density at radius 3 is 2.87 bits per heavy atom. The molecule has 1 aromatic rings. The van der Waals surface area contributed by atoms with Crippen molar-refractivity contribution in [2.45, 2.75) is 20.3 Å². The van der Waals surface area contributed by atoms with Gasteiger partial charge in [-0.2, -0.15) is 0 Å². The summed E-state index contributed by atoms with van der Waals surface area (Å²) in [5.74, 6) is -0.309. The van der Waals surface area contributed by atoms with Gasteiger partial charge in [0.1, 0.15) is 12.0 Å². The van der Waals surface area contributed by atoms with Gasteiger partial charge in [0.15, 0.2) is 0 Å². The lowest BCUT2D eigenvalue weighted by molar-refractivity contribution is -0.132. The second-order valence-corrected chi connectivity index (χ2v) is 3.22. The van der Waals surface area contributed by atoms with Crippen LogP contribution in [0.5, 0.6) is 5.75 Å². The lowest BCUT2D eigenvalue weighted by Crippen LogP contribution is -1.98. The number of carbonyl (C=O) groups is 1. The molecule has 0 saturated carbocycles. The van der Waals surface area contributed by atoms with E-state index in [2.05, 4.69) is 6.92 Å². The Kier molecular flexibility index (Phi) is 3.92. The molecule has 0 unspecified atom stereocenters. The van der Waals surface area contributed by atoms with Crippen molar-refractivity contribution in [2.24, 2.45) is 0 Å². The molecule has 0 spiro atoms. The number of aryl methyl sites for hydroxylation is 1. The van der Waals surface area contributed by atoms with E-state index in [1.807, 2.05) is 18.2 Å². The van der Waals surface area contributed by atoms with Gasteiger partial charge in [0.05, 0.1) is 5.57 Å². The Morgan fingerprint density at radius 1 is 1.53 bits per heavy atom. The van der Waals surface area contributed by atoms with Gasteiger partial charge >= 0.3 is 5.97 Å². The van der Waals surface area contributed by atoms with Gasteiger partial charge in [-0.3, -0.25) is 0 Å². The largest absolute Gasteiger partial charge is 0.478 e. The van der Waals surface area contributed by atoms with E-state index < -0.39 is 5.97 Å². The van der Waals surface area contributed by atoms with E-state index in [0.717, 1.165) is 12.0 Å². The average molecular weight is 206 g/mol. The molecule has 0 aliphatic heterocycles. The van der Waals surface area contributed by atoms with Gasteiger partial charge in [-0.1, -0.05) is 19.1 Å². The Bertz CT molecular complexity index is 380. The van der Waals surface area contributed by atoms with Gasteiger partial charge in [0.2, 0.25) is 0 Å². The zero-order chi connectivity index (χ0) is 11.3. The average Bonchev–Trinajstić information content (AvgIpc) is 2.26. The van der Waals surface area contributed by atoms with Crippen molar-refractivity contribution in [3.63, 3.8) is 0 Å². The van der Waals surface area contributed by atoms with Crippen molar-refractivity contribution in [3.05, 3.63) is 41.7 Å². The molecule has 0 radical (unpaired) electrons. The number of aliphatic carboxylic acids is 1. The van der Waals surface area contributed by atoms with Gasteiger partial charge in [-0.05, 0) is 31.0 Å². The summed E-state index contributed by atoms with van der Waals surface area (Å²) in [4.78, 5) is 10.5. The van der Waals surface area contributed by atoms with Crippen LogP contribution in [0.2, 0.25) is 0 Å². The minimum atomic E-state index is -0.971. The van der Waals surface area contributed by atoms with Crippen LogP contribution in [0.1, 0.15) is 19.4 Å². The molecule has 1 rings (SSSR count). The fraction of sp³-hybridized carbons (Fsp3) is 0.250. The summed E-state index contributed by atoms with van der Waals surface area (Å²) < 4.78 is 5.23. The van der Waals surface area contributed by atoms with Gasteiger partial charge in [-0.15, -0.1) is 0 Å². The normalized spacial score (nSPS) is 11.2. The zero-order valence-corrected chi connectivity index (χ0v) is 8.86. The number of hydrogen-bond acceptors (Lipinski definition) is 2. The highest BCUT2D eigenvalue weighted by atomic mass is 16.5. The summed E-state index contributed by atoms with van der Waals surface area (Å²) in [6, 6.07) is 7.58. The van der Waals surface area contributed by atoms with Gasteiger partial charge in [0.25, 0.3) is 0 Å². The van der Waals surface area contributed by atoms with E-state index in [1.165, 1.54) is 13.2 Å². The van der Waals surface area contributed by atoms with Crippen LogP contribution in [0.15, 0.2) is 36.1 Å². The maximum Gasteiger partial charge on any atom is 0.334 e. The first-order valence-corrected chi connectivity index (χ1v) is 4.79. The number of carboxylic acids is 1. The van der Waals surface area contributed by atoms with Crippen LogP contribution in [0.25, 0.3) is 0 Å². The first-order chi connectivity index (χ1) is 7.13. The molecule has 1 aromatic carbocycles. The molecule has 0 saturated heterocycles. The standard InChI is InChI=1S/C12H14O3/c1-3-10-5-4-6-11(7-10)15-8-9(2)12(13)14/h4-8H,3H2,1-2H3,(H,13,14)/b9-8+. The molecule has 1 N–H and O–H groups in total. The molecule has 15 heavy (non-hydrogen) atoms. The second-order valence-electron chi connectivity index (χ2n) is 3.22. The number of carboxylic acid groups (broad SMARTS) is 1. The third-order valence-corrected chi connectivity index (χ3v) is 2.02. The van der Waals surface area contributed by atoms with Crippen molar-refractivity contribution in [3.8, 4) is 5.75 Å². The predicted molar refractivity (Wildman–Crippen MR) is 57.8 cm³/mol. The summed E-state index contributed by atoms with van der Waals surface area (Å²) in [5, 5.41) is 8.61. The number of rotatable bonds is 4. The molecule has 0 fully saturated rings. The summed E-state index contributed by atoms with van der Waals surface area (Å²) in [6.45, 7) is 3.55. The fourth-order valence-corrected chi connectivity index (χ4v) is 1.05. The van der Waals surface area contributed by atoms with Crippen molar-refractivity contribution >= 4 is 5.97 Å². The Labute approximate surface area is 89.0 Å². The second kappa shape index (κ2) is 5.20. The maximum atomic E-state index is 10.5. The lowest BCUT2D eigenvalue weighted by atomic mass is 10.2. The van der Waals surface area contributed by atoms with Crippen LogP contribution >= 0.6 is 0 Å². The minimum absolute atomic E-state index is 0.178. The molecule has 0 atom stereocenters. The Hall–Kier alpha value is -1.77. The first-order valence-electron chi connectivity index (χ1n) is 4.79. The van der Waals surface area contributed by atoms with E-state index >= 15 is 0 Å². The highest BCUT2D eigenvalue weighted by Gasteiger charge is 2.00. The van der Waals surface area contributed by atoms with Crippen LogP contribution in [0.4, 0.5) is 0 Å². The van der Waals surface area contributed by atoms with Crippen LogP contribution in [-0.4, -0.2) is 11.1 Å². The highest BCUT2D eigenvalue weighted by Crippen LogP contribution is 2.14. The van der Waals surface area contributed by atoms with Crippen molar-refractivity contribution < 1.29 is 14.6 Å². The van der Waals surface area contributed by atoms with Gasteiger partial charge < -0.3 is 9.84 Å². The third-order valence-electron chi connectivity index (χ3n) is 2.02. The zero-order valence-electron chi connectivity index (χ0n) is 8.86. The monoisotopic (exact) mass is 206 g/mol. The van der Waals surface area contributed by atoms with E-state index in [0.29, 0.717) is 5.75 Å². The van der Waals surface area contributed by atoms with E-state index in [4.69, 9.17) is 9.84 Å². The molecule has 0 aliphatic rings. The van der Waals surface area contributed by atoms with Crippen LogP contribution in [-0.2, 0) is 11.2 Å². The molecule has 80 valence electrons. The predicted octanol–water partition coefficient (Wildman–Crippen LogP) is 2.62. The first kappa shape index (κ1) is 11.3. The summed E-state index contributed by atoms with van der Waals surface area (Å²) in [7, 11) is 0. The Morgan fingerprint density at radius 2 is 2.27 bits per heavy atom. The van der Waals surface area contributed by atoms with Crippen molar-refractivity contribution in [2.75, 3.05) is 0 Å². The van der Waals surface area contributed by atoms with Crippen molar-refractivity contribution in [1.29, 1.82) is 0 Å². The van der Waals surface area contributed by atoms with Gasteiger partial charge in [-0.25, -0.2) is 4.79 Å². The fourth-order valence-electron chi connectivity index (χ4n) is 1.05. The van der Waals surface area contributed by atoms with Crippen LogP contribution < -0.4 is 4.74 Å². The number of ether oxygens (including phenoxy) is 1. The molecule has 0 heterocycles. The van der Waals surface area contributed by atoms with E-state index in [9.17, 15) is 4.79 Å². The molecule has 0 aromatic heterocycles. The lowest BCUT2D eigenvalue weighted by Gasteiger charge is -2.02.